The van der Waals surface area contributed by atoms with Gasteiger partial charge in [0, 0.05) is 21.8 Å². The van der Waals surface area contributed by atoms with E-state index in [0.717, 1.165) is 27.3 Å². The Morgan fingerprint density at radius 1 is 0.776 bits per heavy atom. The maximum atomic E-state index is 13.7. The van der Waals surface area contributed by atoms with E-state index in [2.05, 4.69) is 16.0 Å². The van der Waals surface area contributed by atoms with E-state index in [0.29, 0.717) is 35.6 Å². The molecule has 0 aliphatic carbocycles. The summed E-state index contributed by atoms with van der Waals surface area (Å²) in [4.78, 5) is 40.9. The SMILES string of the molecule is CCC(Sc1cccc(NC(=O)/C(=C\c2ccc(OCc3ccccc3)cc2)NC(=O)c2ccccc2)c1)C(=O)Nc1cccc(C)c1C. The molecule has 49 heavy (non-hydrogen) atoms. The highest BCUT2D eigenvalue weighted by Gasteiger charge is 2.20. The number of carbonyl (C=O) groups excluding carboxylic acids is 3. The van der Waals surface area contributed by atoms with Gasteiger partial charge >= 0.3 is 0 Å². The van der Waals surface area contributed by atoms with Crippen LogP contribution in [0.1, 0.15) is 46.0 Å². The van der Waals surface area contributed by atoms with Gasteiger partial charge in [-0.1, -0.05) is 85.8 Å². The molecule has 7 nitrogen and oxygen atoms in total. The lowest BCUT2D eigenvalue weighted by molar-refractivity contribution is -0.116. The monoisotopic (exact) mass is 669 g/mol. The van der Waals surface area contributed by atoms with E-state index in [1.807, 2.05) is 118 Å². The van der Waals surface area contributed by atoms with Gasteiger partial charge in [-0.3, -0.25) is 14.4 Å². The number of thioether (sulfide) groups is 1. The second-order valence-electron chi connectivity index (χ2n) is 11.5. The molecular weight excluding hydrogens is 631 g/mol. The fourth-order valence-corrected chi connectivity index (χ4v) is 5.96. The van der Waals surface area contributed by atoms with Gasteiger partial charge in [-0.05, 0) is 97.1 Å². The number of ether oxygens (including phenoxy) is 1. The van der Waals surface area contributed by atoms with Crippen molar-refractivity contribution in [2.24, 2.45) is 0 Å². The molecule has 0 radical (unpaired) electrons. The molecule has 0 aliphatic rings. The molecule has 1 atom stereocenters. The number of amides is 3. The first-order valence-corrected chi connectivity index (χ1v) is 17.0. The standard InChI is InChI=1S/C41H39N3O4S/c1-4-38(41(47)43-36-20-11-13-28(2)29(36)3)49-35-19-12-18-33(26-35)42-40(46)37(44-39(45)32-16-9-6-10-17-32)25-30-21-23-34(24-22-30)48-27-31-14-7-5-8-15-31/h5-26,38H,4,27H2,1-3H3,(H,42,46)(H,43,47)(H,44,45)/b37-25+. The number of hydrogen-bond donors (Lipinski definition) is 3. The molecule has 5 rings (SSSR count). The van der Waals surface area contributed by atoms with E-state index in [4.69, 9.17) is 4.74 Å². The predicted molar refractivity (Wildman–Crippen MR) is 199 cm³/mol. The van der Waals surface area contributed by atoms with Gasteiger partial charge in [-0.15, -0.1) is 11.8 Å². The van der Waals surface area contributed by atoms with Crippen LogP contribution in [-0.2, 0) is 16.2 Å². The van der Waals surface area contributed by atoms with Crippen molar-refractivity contribution in [3.63, 3.8) is 0 Å². The lowest BCUT2D eigenvalue weighted by Gasteiger charge is -2.17. The topological polar surface area (TPSA) is 96.5 Å². The summed E-state index contributed by atoms with van der Waals surface area (Å²) in [5.74, 6) is -0.297. The normalized spacial score (nSPS) is 11.7. The first kappa shape index (κ1) is 34.7. The van der Waals surface area contributed by atoms with E-state index >= 15 is 0 Å². The third kappa shape index (κ3) is 9.95. The molecule has 0 aromatic heterocycles. The summed E-state index contributed by atoms with van der Waals surface area (Å²) in [5, 5.41) is 8.44. The Balaban J connectivity index is 1.30. The van der Waals surface area contributed by atoms with Gasteiger partial charge in [0.15, 0.2) is 0 Å². The number of rotatable bonds is 13. The summed E-state index contributed by atoms with van der Waals surface area (Å²) in [6, 6.07) is 39.1. The predicted octanol–water partition coefficient (Wildman–Crippen LogP) is 8.80. The van der Waals surface area contributed by atoms with E-state index < -0.39 is 11.8 Å². The van der Waals surface area contributed by atoms with E-state index in [9.17, 15) is 14.4 Å². The Hall–Kier alpha value is -5.60. The largest absolute Gasteiger partial charge is 0.489 e. The lowest BCUT2D eigenvalue weighted by Crippen LogP contribution is -2.30. The molecule has 3 N–H and O–H groups in total. The van der Waals surface area contributed by atoms with Crippen molar-refractivity contribution in [1.29, 1.82) is 0 Å². The van der Waals surface area contributed by atoms with Gasteiger partial charge in [-0.2, -0.15) is 0 Å². The summed E-state index contributed by atoms with van der Waals surface area (Å²) < 4.78 is 5.91. The van der Waals surface area contributed by atoms with Crippen molar-refractivity contribution in [3.8, 4) is 5.75 Å². The van der Waals surface area contributed by atoms with Crippen molar-refractivity contribution < 1.29 is 19.1 Å². The van der Waals surface area contributed by atoms with Gasteiger partial charge in [0.05, 0.1) is 5.25 Å². The number of carbonyl (C=O) groups is 3. The Bertz CT molecular complexity index is 1930. The Labute approximate surface area is 291 Å². The van der Waals surface area contributed by atoms with E-state index in [1.165, 1.54) is 11.8 Å². The average Bonchev–Trinajstić information content (AvgIpc) is 3.12. The molecule has 5 aromatic carbocycles. The molecule has 0 heterocycles. The van der Waals surface area contributed by atoms with Gasteiger partial charge in [-0.25, -0.2) is 0 Å². The molecule has 5 aromatic rings. The van der Waals surface area contributed by atoms with Crippen LogP contribution >= 0.6 is 11.8 Å². The van der Waals surface area contributed by atoms with E-state index in [-0.39, 0.29) is 16.9 Å². The highest BCUT2D eigenvalue weighted by molar-refractivity contribution is 8.00. The maximum Gasteiger partial charge on any atom is 0.272 e. The molecule has 0 spiro atoms. The summed E-state index contributed by atoms with van der Waals surface area (Å²) in [6.45, 7) is 6.42. The number of aryl methyl sites for hydroxylation is 1. The summed E-state index contributed by atoms with van der Waals surface area (Å²) in [6.07, 6.45) is 2.24. The van der Waals surface area contributed by atoms with Crippen LogP contribution in [0.4, 0.5) is 11.4 Å². The minimum absolute atomic E-state index is 0.0733. The van der Waals surface area contributed by atoms with Crippen LogP contribution in [0.3, 0.4) is 0 Å². The third-order valence-electron chi connectivity index (χ3n) is 7.86. The maximum absolute atomic E-state index is 13.7. The summed E-state index contributed by atoms with van der Waals surface area (Å²) >= 11 is 1.43. The first-order valence-electron chi connectivity index (χ1n) is 16.1. The average molecular weight is 670 g/mol. The molecule has 0 fully saturated rings. The van der Waals surface area contributed by atoms with Crippen molar-refractivity contribution in [1.82, 2.24) is 5.32 Å². The first-order chi connectivity index (χ1) is 23.8. The van der Waals surface area contributed by atoms with Gasteiger partial charge in [0.25, 0.3) is 11.8 Å². The van der Waals surface area contributed by atoms with Gasteiger partial charge in [0.1, 0.15) is 18.1 Å². The molecule has 0 saturated carbocycles. The zero-order valence-corrected chi connectivity index (χ0v) is 28.6. The Morgan fingerprint density at radius 2 is 1.47 bits per heavy atom. The zero-order chi connectivity index (χ0) is 34.6. The molecule has 0 bridgehead atoms. The third-order valence-corrected chi connectivity index (χ3v) is 9.22. The van der Waals surface area contributed by atoms with E-state index in [1.54, 1.807) is 36.4 Å². The second-order valence-corrected chi connectivity index (χ2v) is 12.7. The van der Waals surface area contributed by atoms with Crippen molar-refractivity contribution in [2.75, 3.05) is 10.6 Å². The number of nitrogens with one attached hydrogen (secondary N) is 3. The number of anilines is 2. The molecule has 248 valence electrons. The highest BCUT2D eigenvalue weighted by atomic mass is 32.2. The van der Waals surface area contributed by atoms with Crippen molar-refractivity contribution >= 4 is 46.9 Å². The van der Waals surface area contributed by atoms with Crippen LogP contribution in [0.2, 0.25) is 0 Å². The minimum Gasteiger partial charge on any atom is -0.489 e. The van der Waals surface area contributed by atoms with Crippen LogP contribution in [0, 0.1) is 13.8 Å². The molecule has 0 saturated heterocycles. The molecule has 0 aliphatic heterocycles. The molecular formula is C41H39N3O4S. The van der Waals surface area contributed by atoms with Crippen LogP contribution in [0.15, 0.2) is 138 Å². The lowest BCUT2D eigenvalue weighted by atomic mass is 10.1. The van der Waals surface area contributed by atoms with Crippen LogP contribution in [0.5, 0.6) is 5.75 Å². The van der Waals surface area contributed by atoms with Gasteiger partial charge < -0.3 is 20.7 Å². The van der Waals surface area contributed by atoms with Crippen LogP contribution < -0.4 is 20.7 Å². The Kier molecular flexibility index (Phi) is 12.0. The minimum atomic E-state index is -0.490. The fourth-order valence-electron chi connectivity index (χ4n) is 4.94. The number of hydrogen-bond acceptors (Lipinski definition) is 5. The molecule has 8 heteroatoms. The summed E-state index contributed by atoms with van der Waals surface area (Å²) in [7, 11) is 0. The quantitative estimate of drug-likeness (QED) is 0.0860. The fraction of sp³-hybridized carbons (Fsp3) is 0.146. The second kappa shape index (κ2) is 17.0. The van der Waals surface area contributed by atoms with Crippen LogP contribution in [0.25, 0.3) is 6.08 Å². The van der Waals surface area contributed by atoms with Crippen molar-refractivity contribution in [3.05, 3.63) is 161 Å². The Morgan fingerprint density at radius 3 is 2.18 bits per heavy atom. The molecule has 3 amide bonds. The number of benzene rings is 5. The van der Waals surface area contributed by atoms with Crippen LogP contribution in [-0.4, -0.2) is 23.0 Å². The highest BCUT2D eigenvalue weighted by Crippen LogP contribution is 2.29. The van der Waals surface area contributed by atoms with Gasteiger partial charge in [0.2, 0.25) is 5.91 Å². The smallest absolute Gasteiger partial charge is 0.272 e. The zero-order valence-electron chi connectivity index (χ0n) is 27.7. The summed E-state index contributed by atoms with van der Waals surface area (Å²) in [5.41, 5.74) is 5.74. The molecule has 1 unspecified atom stereocenters. The van der Waals surface area contributed by atoms with Crippen molar-refractivity contribution in [2.45, 2.75) is 43.9 Å².